The van der Waals surface area contributed by atoms with Crippen LogP contribution in [0.1, 0.15) is 5.56 Å². The standard InChI is InChI=1S/C27H24N6O3/c1-35-22-10-6-19(7-11-22)24-15-23-25(30-17-31-26(23)36-24)29-14-12-18-4-8-20(9-5-18)32-27(34)33-21-3-2-13-28-16-21/h2-11,13,15-17H,12,14H2,1H3,(H,29,30,31)(H2,32,33,34). The van der Waals surface area contributed by atoms with E-state index in [1.54, 1.807) is 31.6 Å². The van der Waals surface area contributed by atoms with Crippen molar-refractivity contribution in [1.82, 2.24) is 15.0 Å². The second-order valence-corrected chi connectivity index (χ2v) is 7.97. The Hall–Kier alpha value is -4.92. The first-order valence-corrected chi connectivity index (χ1v) is 11.4. The van der Waals surface area contributed by atoms with E-state index in [9.17, 15) is 4.79 Å². The quantitative estimate of drug-likeness (QED) is 0.265. The van der Waals surface area contributed by atoms with Gasteiger partial charge in [-0.15, -0.1) is 0 Å². The van der Waals surface area contributed by atoms with Gasteiger partial charge in [0.05, 0.1) is 24.4 Å². The molecule has 2 aromatic carbocycles. The molecule has 0 aliphatic heterocycles. The Kier molecular flexibility index (Phi) is 6.70. The first kappa shape index (κ1) is 22.9. The van der Waals surface area contributed by atoms with Crippen LogP contribution in [0.15, 0.2) is 89.9 Å². The van der Waals surface area contributed by atoms with Crippen molar-refractivity contribution < 1.29 is 13.9 Å². The molecule has 2 amide bonds. The summed E-state index contributed by atoms with van der Waals surface area (Å²) in [7, 11) is 1.64. The van der Waals surface area contributed by atoms with Gasteiger partial charge in [-0.25, -0.2) is 14.8 Å². The zero-order valence-electron chi connectivity index (χ0n) is 19.6. The number of fused-ring (bicyclic) bond motifs is 1. The molecule has 0 spiro atoms. The van der Waals surface area contributed by atoms with E-state index in [1.807, 2.05) is 54.6 Å². The minimum atomic E-state index is -0.320. The van der Waals surface area contributed by atoms with Crippen LogP contribution in [0.5, 0.6) is 5.75 Å². The van der Waals surface area contributed by atoms with Crippen LogP contribution < -0.4 is 20.7 Å². The third kappa shape index (κ3) is 5.41. The van der Waals surface area contributed by atoms with E-state index in [-0.39, 0.29) is 6.03 Å². The van der Waals surface area contributed by atoms with Gasteiger partial charge in [0.1, 0.15) is 23.7 Å². The summed E-state index contributed by atoms with van der Waals surface area (Å²) >= 11 is 0. The summed E-state index contributed by atoms with van der Waals surface area (Å²) in [5.41, 5.74) is 3.92. The fourth-order valence-electron chi connectivity index (χ4n) is 3.70. The highest BCUT2D eigenvalue weighted by molar-refractivity contribution is 5.99. The third-order valence-electron chi connectivity index (χ3n) is 5.54. The van der Waals surface area contributed by atoms with E-state index in [1.165, 1.54) is 6.33 Å². The van der Waals surface area contributed by atoms with Crippen molar-refractivity contribution in [3.63, 3.8) is 0 Å². The van der Waals surface area contributed by atoms with Crippen LogP contribution in [0.4, 0.5) is 22.0 Å². The molecule has 3 N–H and O–H groups in total. The molecule has 3 heterocycles. The van der Waals surface area contributed by atoms with Gasteiger partial charge in [0.25, 0.3) is 0 Å². The summed E-state index contributed by atoms with van der Waals surface area (Å²) in [5, 5.41) is 9.75. The number of amides is 2. The largest absolute Gasteiger partial charge is 0.497 e. The minimum Gasteiger partial charge on any atom is -0.497 e. The molecule has 9 heteroatoms. The van der Waals surface area contributed by atoms with Gasteiger partial charge in [-0.3, -0.25) is 4.98 Å². The molecular weight excluding hydrogens is 456 g/mol. The van der Waals surface area contributed by atoms with E-state index >= 15 is 0 Å². The number of benzene rings is 2. The lowest BCUT2D eigenvalue weighted by Gasteiger charge is -2.09. The average molecular weight is 481 g/mol. The van der Waals surface area contributed by atoms with Crippen molar-refractivity contribution in [2.45, 2.75) is 6.42 Å². The third-order valence-corrected chi connectivity index (χ3v) is 5.54. The van der Waals surface area contributed by atoms with E-state index in [0.29, 0.717) is 35.2 Å². The lowest BCUT2D eigenvalue weighted by Crippen LogP contribution is -2.19. The average Bonchev–Trinajstić information content (AvgIpc) is 3.36. The molecule has 0 aliphatic carbocycles. The summed E-state index contributed by atoms with van der Waals surface area (Å²) in [6.45, 7) is 0.670. The first-order chi connectivity index (χ1) is 17.7. The van der Waals surface area contributed by atoms with Crippen molar-refractivity contribution >= 4 is 34.3 Å². The van der Waals surface area contributed by atoms with Gasteiger partial charge in [0.15, 0.2) is 0 Å². The SMILES string of the molecule is COc1ccc(-c2cc3c(NCCc4ccc(NC(=O)Nc5cccnc5)cc4)ncnc3o2)cc1. The molecule has 0 atom stereocenters. The second-order valence-electron chi connectivity index (χ2n) is 7.97. The zero-order valence-corrected chi connectivity index (χ0v) is 19.6. The summed E-state index contributed by atoms with van der Waals surface area (Å²) < 4.78 is 11.2. The Balaban J connectivity index is 1.18. The van der Waals surface area contributed by atoms with E-state index in [2.05, 4.69) is 30.9 Å². The number of hydrogen-bond acceptors (Lipinski definition) is 7. The number of nitrogens with one attached hydrogen (secondary N) is 3. The van der Waals surface area contributed by atoms with Gasteiger partial charge < -0.3 is 25.1 Å². The number of furan rings is 1. The Morgan fingerprint density at radius 1 is 0.972 bits per heavy atom. The monoisotopic (exact) mass is 480 g/mol. The van der Waals surface area contributed by atoms with Crippen molar-refractivity contribution in [2.75, 3.05) is 29.6 Å². The van der Waals surface area contributed by atoms with Crippen LogP contribution in [0, 0.1) is 0 Å². The molecular formula is C27H24N6O3. The normalized spacial score (nSPS) is 10.7. The fraction of sp³-hybridized carbons (Fsp3) is 0.111. The molecule has 0 radical (unpaired) electrons. The maximum absolute atomic E-state index is 12.1. The Bertz CT molecular complexity index is 1450. The molecule has 0 bridgehead atoms. The number of ether oxygens (including phenoxy) is 1. The number of anilines is 3. The maximum Gasteiger partial charge on any atom is 0.323 e. The Labute approximate surface area is 207 Å². The number of hydrogen-bond donors (Lipinski definition) is 3. The first-order valence-electron chi connectivity index (χ1n) is 11.4. The molecule has 0 aliphatic rings. The van der Waals surface area contributed by atoms with Crippen molar-refractivity contribution in [3.8, 4) is 17.1 Å². The summed E-state index contributed by atoms with van der Waals surface area (Å²) in [6, 6.07) is 20.5. The Morgan fingerprint density at radius 2 is 1.78 bits per heavy atom. The minimum absolute atomic E-state index is 0.320. The predicted molar refractivity (Wildman–Crippen MR) is 139 cm³/mol. The molecule has 9 nitrogen and oxygen atoms in total. The number of carbonyl (C=O) groups is 1. The van der Waals surface area contributed by atoms with Gasteiger partial charge in [-0.1, -0.05) is 12.1 Å². The van der Waals surface area contributed by atoms with Crippen LogP contribution in [-0.2, 0) is 6.42 Å². The fourth-order valence-corrected chi connectivity index (χ4v) is 3.70. The predicted octanol–water partition coefficient (Wildman–Crippen LogP) is 5.59. The lowest BCUT2D eigenvalue weighted by molar-refractivity contribution is 0.262. The van der Waals surface area contributed by atoms with E-state index < -0.39 is 0 Å². The molecule has 5 aromatic rings. The number of carbonyl (C=O) groups excluding carboxylic acids is 1. The maximum atomic E-state index is 12.1. The van der Waals surface area contributed by atoms with Gasteiger partial charge >= 0.3 is 6.03 Å². The summed E-state index contributed by atoms with van der Waals surface area (Å²) in [4.78, 5) is 24.8. The van der Waals surface area contributed by atoms with Crippen LogP contribution in [0.2, 0.25) is 0 Å². The number of rotatable bonds is 8. The summed E-state index contributed by atoms with van der Waals surface area (Å²) in [5.74, 6) is 2.22. The number of aromatic nitrogens is 3. The van der Waals surface area contributed by atoms with Crippen molar-refractivity contribution in [2.24, 2.45) is 0 Å². The molecule has 3 aromatic heterocycles. The Morgan fingerprint density at radius 3 is 2.53 bits per heavy atom. The van der Waals surface area contributed by atoms with Crippen LogP contribution >= 0.6 is 0 Å². The van der Waals surface area contributed by atoms with Gasteiger partial charge in [-0.2, -0.15) is 0 Å². The number of nitrogens with zero attached hydrogens (tertiary/aromatic N) is 3. The highest BCUT2D eigenvalue weighted by atomic mass is 16.5. The molecule has 0 unspecified atom stereocenters. The van der Waals surface area contributed by atoms with E-state index in [0.717, 1.165) is 28.7 Å². The molecule has 0 saturated carbocycles. The second kappa shape index (κ2) is 10.6. The van der Waals surface area contributed by atoms with Crippen LogP contribution in [0.3, 0.4) is 0 Å². The highest BCUT2D eigenvalue weighted by Crippen LogP contribution is 2.30. The smallest absolute Gasteiger partial charge is 0.323 e. The highest BCUT2D eigenvalue weighted by Gasteiger charge is 2.12. The van der Waals surface area contributed by atoms with Gasteiger partial charge in [0, 0.05) is 24.0 Å². The molecule has 0 saturated heterocycles. The summed E-state index contributed by atoms with van der Waals surface area (Å²) in [6.07, 6.45) is 5.50. The van der Waals surface area contributed by atoms with Crippen molar-refractivity contribution in [3.05, 3.63) is 91.0 Å². The van der Waals surface area contributed by atoms with Crippen molar-refractivity contribution in [1.29, 1.82) is 0 Å². The van der Waals surface area contributed by atoms with E-state index in [4.69, 9.17) is 9.15 Å². The number of urea groups is 1. The number of pyridine rings is 1. The van der Waals surface area contributed by atoms with Gasteiger partial charge in [-0.05, 0) is 66.6 Å². The molecule has 36 heavy (non-hydrogen) atoms. The zero-order chi connectivity index (χ0) is 24.7. The lowest BCUT2D eigenvalue weighted by atomic mass is 10.1. The van der Waals surface area contributed by atoms with Gasteiger partial charge in [0.2, 0.25) is 5.71 Å². The molecule has 0 fully saturated rings. The topological polar surface area (TPSA) is 114 Å². The molecule has 5 rings (SSSR count). The number of methoxy groups -OCH3 is 1. The van der Waals surface area contributed by atoms with Crippen LogP contribution in [0.25, 0.3) is 22.4 Å². The van der Waals surface area contributed by atoms with Crippen LogP contribution in [-0.4, -0.2) is 34.6 Å². The molecule has 180 valence electrons.